The molecule has 0 aliphatic carbocycles. The zero-order chi connectivity index (χ0) is 48.0. The summed E-state index contributed by atoms with van der Waals surface area (Å²) in [5.41, 5.74) is 0. The molecule has 15 heteroatoms. The van der Waals surface area contributed by atoms with Gasteiger partial charge in [0.2, 0.25) is 0 Å². The number of rotatable bonds is 42. The molecule has 0 aromatic carbocycles. The quantitative estimate of drug-likeness (QED) is 0.0244. The van der Waals surface area contributed by atoms with Crippen LogP contribution in [0.3, 0.4) is 0 Å². The summed E-state index contributed by atoms with van der Waals surface area (Å²) < 4.78 is 38.3. The molecule has 5 unspecified atom stereocenters. The Bertz CT molecular complexity index is 1240. The Kier molecular flexibility index (Phi) is 37.3. The standard InChI is InChI=1S/C49H87NO14/c1-9-12-15-18-24-38(4)47(55)59-34-42(33-58-37-51)63-44(52)29-21-27-41(62-46(54)31-23-32-50(7)8)28-22-30-45(53)64-43(35-60-48(56)39(5)25-19-16-13-10-2)36-61-49(57)40(6)26-20-17-14-11-3/h37-43H,9-36H2,1-8H3. The molecular weight excluding hydrogens is 827 g/mol. The summed E-state index contributed by atoms with van der Waals surface area (Å²) in [6.07, 6.45) is 13.6. The number of esters is 6. The van der Waals surface area contributed by atoms with Crippen LogP contribution >= 0.6 is 0 Å². The number of hydrogen-bond donors (Lipinski definition) is 0. The fourth-order valence-corrected chi connectivity index (χ4v) is 6.80. The molecule has 0 fully saturated rings. The van der Waals surface area contributed by atoms with Gasteiger partial charge in [0.05, 0.1) is 17.8 Å². The van der Waals surface area contributed by atoms with Gasteiger partial charge in [0.1, 0.15) is 32.5 Å². The van der Waals surface area contributed by atoms with Crippen LogP contribution in [-0.2, 0) is 66.7 Å². The molecule has 372 valence electrons. The first kappa shape index (κ1) is 60.2. The van der Waals surface area contributed by atoms with Crippen LogP contribution in [0.15, 0.2) is 0 Å². The number of carbonyl (C=O) groups is 7. The van der Waals surface area contributed by atoms with Crippen molar-refractivity contribution in [3.8, 4) is 0 Å². The predicted octanol–water partition coefficient (Wildman–Crippen LogP) is 9.03. The summed E-state index contributed by atoms with van der Waals surface area (Å²) in [6.45, 7) is 11.6. The Morgan fingerprint density at radius 1 is 0.438 bits per heavy atom. The van der Waals surface area contributed by atoms with Crippen LogP contribution in [0.4, 0.5) is 0 Å². The van der Waals surface area contributed by atoms with E-state index >= 15 is 0 Å². The van der Waals surface area contributed by atoms with Crippen molar-refractivity contribution in [1.82, 2.24) is 4.90 Å². The highest BCUT2D eigenvalue weighted by Gasteiger charge is 2.25. The number of carbonyl (C=O) groups excluding carboxylic acids is 7. The molecule has 0 bridgehead atoms. The predicted molar refractivity (Wildman–Crippen MR) is 244 cm³/mol. The van der Waals surface area contributed by atoms with Crippen LogP contribution in [0.1, 0.15) is 189 Å². The van der Waals surface area contributed by atoms with E-state index in [9.17, 15) is 33.6 Å². The van der Waals surface area contributed by atoms with Gasteiger partial charge in [0.25, 0.3) is 6.47 Å². The fourth-order valence-electron chi connectivity index (χ4n) is 6.80. The van der Waals surface area contributed by atoms with Gasteiger partial charge in [-0.2, -0.15) is 0 Å². The molecule has 0 aromatic rings. The maximum Gasteiger partial charge on any atom is 0.308 e. The summed E-state index contributed by atoms with van der Waals surface area (Å²) in [5, 5.41) is 0. The average molecular weight is 914 g/mol. The molecule has 0 N–H and O–H groups in total. The third kappa shape index (κ3) is 33.7. The van der Waals surface area contributed by atoms with Gasteiger partial charge in [-0.1, -0.05) is 119 Å². The highest BCUT2D eigenvalue weighted by atomic mass is 16.6. The lowest BCUT2D eigenvalue weighted by atomic mass is 10.0. The molecule has 0 aromatic heterocycles. The van der Waals surface area contributed by atoms with Crippen LogP contribution in [0.25, 0.3) is 0 Å². The topological polar surface area (TPSA) is 187 Å². The molecule has 0 amide bonds. The molecule has 0 saturated carbocycles. The highest BCUT2D eigenvalue weighted by Crippen LogP contribution is 2.19. The normalized spacial score (nSPS) is 14.0. The average Bonchev–Trinajstić information content (AvgIpc) is 3.26. The van der Waals surface area contributed by atoms with Crippen LogP contribution < -0.4 is 0 Å². The van der Waals surface area contributed by atoms with Gasteiger partial charge in [0, 0.05) is 19.3 Å². The first-order chi connectivity index (χ1) is 30.7. The largest absolute Gasteiger partial charge is 0.464 e. The SMILES string of the molecule is CCCCCCC(C)C(=O)OCC(COC=O)OC(=O)CCCC(CCCC(=O)OC(COC(=O)C(C)CCCCCC)COC(=O)C(C)CCCCCC)OC(=O)CCCN(C)C. The van der Waals surface area contributed by atoms with Crippen LogP contribution in [0.5, 0.6) is 0 Å². The molecular formula is C49H87NO14. The van der Waals surface area contributed by atoms with E-state index < -0.39 is 54.1 Å². The number of nitrogens with zero attached hydrogens (tertiary/aromatic N) is 1. The second-order valence-corrected chi connectivity index (χ2v) is 17.6. The summed E-state index contributed by atoms with van der Waals surface area (Å²) in [7, 11) is 3.82. The summed E-state index contributed by atoms with van der Waals surface area (Å²) in [4.78, 5) is 89.9. The van der Waals surface area contributed by atoms with Crippen LogP contribution in [0.2, 0.25) is 0 Å². The number of hydrogen-bond acceptors (Lipinski definition) is 15. The van der Waals surface area contributed by atoms with Gasteiger partial charge >= 0.3 is 35.8 Å². The summed E-state index contributed by atoms with van der Waals surface area (Å²) in [5.74, 6) is -3.79. The lowest BCUT2D eigenvalue weighted by Crippen LogP contribution is -2.32. The van der Waals surface area contributed by atoms with Crippen molar-refractivity contribution in [3.05, 3.63) is 0 Å². The van der Waals surface area contributed by atoms with E-state index in [0.717, 1.165) is 77.0 Å². The monoisotopic (exact) mass is 914 g/mol. The molecule has 0 saturated heterocycles. The Labute approximate surface area is 385 Å². The van der Waals surface area contributed by atoms with E-state index in [1.54, 1.807) is 6.92 Å². The molecule has 64 heavy (non-hydrogen) atoms. The minimum absolute atomic E-state index is 0.0503. The van der Waals surface area contributed by atoms with Crippen molar-refractivity contribution >= 4 is 42.3 Å². The molecule has 0 spiro atoms. The van der Waals surface area contributed by atoms with Gasteiger partial charge in [-0.05, 0) is 72.0 Å². The minimum atomic E-state index is -1.00. The van der Waals surface area contributed by atoms with Crippen molar-refractivity contribution in [3.63, 3.8) is 0 Å². The molecule has 0 heterocycles. The van der Waals surface area contributed by atoms with E-state index in [1.165, 1.54) is 0 Å². The Balaban J connectivity index is 5.49. The number of ether oxygens (including phenoxy) is 7. The third-order valence-electron chi connectivity index (χ3n) is 11.0. The van der Waals surface area contributed by atoms with E-state index in [1.807, 2.05) is 32.8 Å². The van der Waals surface area contributed by atoms with E-state index in [-0.39, 0.29) is 82.8 Å². The fraction of sp³-hybridized carbons (Fsp3) is 0.857. The highest BCUT2D eigenvalue weighted by molar-refractivity contribution is 5.73. The Hall–Kier alpha value is -3.75. The van der Waals surface area contributed by atoms with Gasteiger partial charge in [-0.3, -0.25) is 33.6 Å². The van der Waals surface area contributed by atoms with Crippen molar-refractivity contribution in [1.29, 1.82) is 0 Å². The zero-order valence-corrected chi connectivity index (χ0v) is 41.0. The van der Waals surface area contributed by atoms with Crippen molar-refractivity contribution in [2.45, 2.75) is 208 Å². The Morgan fingerprint density at radius 3 is 1.12 bits per heavy atom. The maximum atomic E-state index is 13.2. The molecule has 5 atom stereocenters. The lowest BCUT2D eigenvalue weighted by molar-refractivity contribution is -0.169. The van der Waals surface area contributed by atoms with Crippen LogP contribution in [-0.4, -0.2) is 113 Å². The van der Waals surface area contributed by atoms with Crippen molar-refractivity contribution in [2.24, 2.45) is 17.8 Å². The van der Waals surface area contributed by atoms with Gasteiger partial charge in [-0.25, -0.2) is 0 Å². The maximum absolute atomic E-state index is 13.2. The second kappa shape index (κ2) is 39.6. The molecule has 0 radical (unpaired) electrons. The summed E-state index contributed by atoms with van der Waals surface area (Å²) >= 11 is 0. The van der Waals surface area contributed by atoms with Gasteiger partial charge in [-0.15, -0.1) is 0 Å². The molecule has 0 aliphatic rings. The number of unbranched alkanes of at least 4 members (excludes halogenated alkanes) is 9. The molecule has 0 rings (SSSR count). The first-order valence-electron chi connectivity index (χ1n) is 24.4. The molecule has 0 aliphatic heterocycles. The Morgan fingerprint density at radius 2 is 0.781 bits per heavy atom. The van der Waals surface area contributed by atoms with Gasteiger partial charge < -0.3 is 38.1 Å². The summed E-state index contributed by atoms with van der Waals surface area (Å²) in [6, 6.07) is 0. The third-order valence-corrected chi connectivity index (χ3v) is 11.0. The van der Waals surface area contributed by atoms with E-state index in [2.05, 4.69) is 20.8 Å². The van der Waals surface area contributed by atoms with E-state index in [0.29, 0.717) is 45.1 Å². The van der Waals surface area contributed by atoms with E-state index in [4.69, 9.17) is 33.2 Å². The van der Waals surface area contributed by atoms with Crippen molar-refractivity contribution in [2.75, 3.05) is 47.1 Å². The second-order valence-electron chi connectivity index (χ2n) is 17.6. The minimum Gasteiger partial charge on any atom is -0.464 e. The van der Waals surface area contributed by atoms with Crippen LogP contribution in [0, 0.1) is 17.8 Å². The zero-order valence-electron chi connectivity index (χ0n) is 41.0. The lowest BCUT2D eigenvalue weighted by Gasteiger charge is -2.21. The van der Waals surface area contributed by atoms with Crippen molar-refractivity contribution < 1.29 is 66.7 Å². The molecule has 15 nitrogen and oxygen atoms in total. The first-order valence-corrected chi connectivity index (χ1v) is 24.4. The van der Waals surface area contributed by atoms with Gasteiger partial charge in [0.15, 0.2) is 12.2 Å². The smallest absolute Gasteiger partial charge is 0.308 e.